The maximum Gasteiger partial charge on any atom is 0.173 e. The SMILES string of the molecule is Cc1ccc(CN(Cc2ccc(C(O)(c3ccc(F)cc3)c3ccc(F)cc3)o2)CC(C)C)o1. The van der Waals surface area contributed by atoms with Crippen molar-refractivity contribution < 1.29 is 22.7 Å². The van der Waals surface area contributed by atoms with Gasteiger partial charge in [0.15, 0.2) is 5.60 Å². The highest BCUT2D eigenvalue weighted by Crippen LogP contribution is 2.38. The summed E-state index contributed by atoms with van der Waals surface area (Å²) < 4.78 is 39.1. The first-order chi connectivity index (χ1) is 16.2. The number of aryl methyl sites for hydroxylation is 1. The van der Waals surface area contributed by atoms with Crippen LogP contribution >= 0.6 is 0 Å². The molecule has 2 aromatic carbocycles. The average Bonchev–Trinajstić information content (AvgIpc) is 3.43. The van der Waals surface area contributed by atoms with Crippen LogP contribution in [0, 0.1) is 24.5 Å². The van der Waals surface area contributed by atoms with Gasteiger partial charge in [-0.1, -0.05) is 38.1 Å². The van der Waals surface area contributed by atoms with Gasteiger partial charge < -0.3 is 13.9 Å². The maximum absolute atomic E-state index is 13.6. The van der Waals surface area contributed by atoms with Crippen LogP contribution in [0.25, 0.3) is 0 Å². The fourth-order valence-electron chi connectivity index (χ4n) is 4.20. The minimum atomic E-state index is -1.71. The molecule has 0 radical (unpaired) electrons. The number of benzene rings is 2. The zero-order valence-electron chi connectivity index (χ0n) is 19.6. The van der Waals surface area contributed by atoms with Gasteiger partial charge in [-0.15, -0.1) is 0 Å². The lowest BCUT2D eigenvalue weighted by molar-refractivity contribution is 0.0943. The van der Waals surface area contributed by atoms with Crippen LogP contribution in [-0.2, 0) is 18.7 Å². The van der Waals surface area contributed by atoms with Crippen molar-refractivity contribution in [2.75, 3.05) is 6.54 Å². The Morgan fingerprint density at radius 2 is 1.26 bits per heavy atom. The number of hydrogen-bond acceptors (Lipinski definition) is 4. The molecule has 1 N–H and O–H groups in total. The van der Waals surface area contributed by atoms with E-state index in [1.165, 1.54) is 48.5 Å². The fourth-order valence-corrected chi connectivity index (χ4v) is 4.20. The number of furan rings is 2. The normalized spacial score (nSPS) is 12.1. The summed E-state index contributed by atoms with van der Waals surface area (Å²) in [6.07, 6.45) is 0. The van der Waals surface area contributed by atoms with E-state index in [4.69, 9.17) is 8.83 Å². The molecule has 0 unspecified atom stereocenters. The molecule has 0 spiro atoms. The minimum Gasteiger partial charge on any atom is -0.465 e. The molecule has 0 saturated carbocycles. The third kappa shape index (κ3) is 5.29. The largest absolute Gasteiger partial charge is 0.465 e. The molecule has 4 rings (SSSR count). The van der Waals surface area contributed by atoms with Gasteiger partial charge in [-0.05, 0) is 72.5 Å². The molecule has 4 nitrogen and oxygen atoms in total. The lowest BCUT2D eigenvalue weighted by Crippen LogP contribution is -2.28. The summed E-state index contributed by atoms with van der Waals surface area (Å²) in [5.74, 6) is 2.29. The molecule has 34 heavy (non-hydrogen) atoms. The topological polar surface area (TPSA) is 49.8 Å². The summed E-state index contributed by atoms with van der Waals surface area (Å²) >= 11 is 0. The molecule has 4 aromatic rings. The van der Waals surface area contributed by atoms with Crippen LogP contribution in [-0.4, -0.2) is 16.6 Å². The summed E-state index contributed by atoms with van der Waals surface area (Å²) in [6.45, 7) is 8.19. The van der Waals surface area contributed by atoms with Crippen molar-refractivity contribution in [3.8, 4) is 0 Å². The van der Waals surface area contributed by atoms with Crippen molar-refractivity contribution in [2.45, 2.75) is 39.5 Å². The van der Waals surface area contributed by atoms with Gasteiger partial charge in [0, 0.05) is 6.54 Å². The highest BCUT2D eigenvalue weighted by Gasteiger charge is 2.37. The van der Waals surface area contributed by atoms with Crippen molar-refractivity contribution in [2.24, 2.45) is 5.92 Å². The predicted octanol–water partition coefficient (Wildman–Crippen LogP) is 6.40. The summed E-state index contributed by atoms with van der Waals surface area (Å²) in [5, 5.41) is 11.9. The van der Waals surface area contributed by atoms with Crippen molar-refractivity contribution >= 4 is 0 Å². The Bertz CT molecular complexity index is 1160. The first kappa shape index (κ1) is 23.9. The Kier molecular flexibility index (Phi) is 7.00. The van der Waals surface area contributed by atoms with E-state index in [-0.39, 0.29) is 5.76 Å². The van der Waals surface area contributed by atoms with Crippen LogP contribution in [0.2, 0.25) is 0 Å². The quantitative estimate of drug-likeness (QED) is 0.311. The van der Waals surface area contributed by atoms with Gasteiger partial charge in [-0.3, -0.25) is 4.90 Å². The van der Waals surface area contributed by atoms with E-state index in [2.05, 4.69) is 18.7 Å². The smallest absolute Gasteiger partial charge is 0.173 e. The van der Waals surface area contributed by atoms with Gasteiger partial charge in [-0.2, -0.15) is 0 Å². The van der Waals surface area contributed by atoms with Gasteiger partial charge in [0.1, 0.15) is 34.7 Å². The average molecular weight is 466 g/mol. The molecule has 0 aliphatic rings. The van der Waals surface area contributed by atoms with Gasteiger partial charge in [0.25, 0.3) is 0 Å². The molecule has 0 bridgehead atoms. The van der Waals surface area contributed by atoms with E-state index < -0.39 is 17.2 Å². The standard InChI is InChI=1S/C28H29F2NO3/c1-19(2)16-31(17-25-13-4-20(3)33-25)18-26-14-15-27(34-26)28(32,21-5-9-23(29)10-6-21)22-7-11-24(30)12-8-22/h4-15,19,32H,16-18H2,1-3H3. The number of nitrogens with zero attached hydrogens (tertiary/aromatic N) is 1. The van der Waals surface area contributed by atoms with Crippen LogP contribution in [0.4, 0.5) is 8.78 Å². The summed E-state index contributed by atoms with van der Waals surface area (Å²) in [5.41, 5.74) is -0.862. The molecule has 0 aliphatic carbocycles. The molecule has 0 fully saturated rings. The highest BCUT2D eigenvalue weighted by molar-refractivity contribution is 5.44. The predicted molar refractivity (Wildman–Crippen MR) is 126 cm³/mol. The Labute approximate surface area is 198 Å². The molecule has 2 heterocycles. The van der Waals surface area contributed by atoms with Crippen LogP contribution in [0.1, 0.15) is 48.0 Å². The van der Waals surface area contributed by atoms with E-state index in [1.54, 1.807) is 6.07 Å². The van der Waals surface area contributed by atoms with Gasteiger partial charge >= 0.3 is 0 Å². The minimum absolute atomic E-state index is 0.277. The van der Waals surface area contributed by atoms with Crippen molar-refractivity contribution in [3.05, 3.63) is 119 Å². The zero-order chi connectivity index (χ0) is 24.3. The lowest BCUT2D eigenvalue weighted by atomic mass is 9.84. The Morgan fingerprint density at radius 1 is 0.765 bits per heavy atom. The van der Waals surface area contributed by atoms with E-state index in [9.17, 15) is 13.9 Å². The lowest BCUT2D eigenvalue weighted by Gasteiger charge is -2.27. The van der Waals surface area contributed by atoms with E-state index in [0.29, 0.717) is 35.9 Å². The van der Waals surface area contributed by atoms with Crippen LogP contribution < -0.4 is 0 Å². The molecule has 0 aliphatic heterocycles. The molecule has 0 amide bonds. The number of rotatable bonds is 9. The summed E-state index contributed by atoms with van der Waals surface area (Å²) in [4.78, 5) is 2.22. The number of aliphatic hydroxyl groups is 1. The van der Waals surface area contributed by atoms with Crippen molar-refractivity contribution in [1.82, 2.24) is 4.90 Å². The molecule has 0 saturated heterocycles. The van der Waals surface area contributed by atoms with Crippen molar-refractivity contribution in [1.29, 1.82) is 0 Å². The molecule has 2 aromatic heterocycles. The van der Waals surface area contributed by atoms with Crippen molar-refractivity contribution in [3.63, 3.8) is 0 Å². The molecule has 0 atom stereocenters. The highest BCUT2D eigenvalue weighted by atomic mass is 19.1. The van der Waals surface area contributed by atoms with Gasteiger partial charge in [-0.25, -0.2) is 8.78 Å². The number of halogens is 2. The summed E-state index contributed by atoms with van der Waals surface area (Å²) in [7, 11) is 0. The van der Waals surface area contributed by atoms with Crippen LogP contribution in [0.5, 0.6) is 0 Å². The van der Waals surface area contributed by atoms with E-state index in [1.807, 2.05) is 25.1 Å². The van der Waals surface area contributed by atoms with Gasteiger partial charge in [0.2, 0.25) is 0 Å². The Morgan fingerprint density at radius 3 is 1.74 bits per heavy atom. The fraction of sp³-hybridized carbons (Fsp3) is 0.286. The maximum atomic E-state index is 13.6. The van der Waals surface area contributed by atoms with Crippen LogP contribution in [0.15, 0.2) is 81.6 Å². The first-order valence-corrected chi connectivity index (χ1v) is 11.4. The summed E-state index contributed by atoms with van der Waals surface area (Å²) in [6, 6.07) is 18.6. The van der Waals surface area contributed by atoms with Gasteiger partial charge in [0.05, 0.1) is 13.1 Å². The van der Waals surface area contributed by atoms with E-state index >= 15 is 0 Å². The Balaban J connectivity index is 1.66. The Hall–Kier alpha value is -3.22. The molecule has 178 valence electrons. The second kappa shape index (κ2) is 9.95. The third-order valence-electron chi connectivity index (χ3n) is 5.72. The zero-order valence-corrected chi connectivity index (χ0v) is 19.6. The monoisotopic (exact) mass is 465 g/mol. The first-order valence-electron chi connectivity index (χ1n) is 11.4. The third-order valence-corrected chi connectivity index (χ3v) is 5.72. The number of hydrogen-bond donors (Lipinski definition) is 1. The molecular formula is C28H29F2NO3. The van der Waals surface area contributed by atoms with E-state index in [0.717, 1.165) is 18.1 Å². The van der Waals surface area contributed by atoms with Crippen LogP contribution in [0.3, 0.4) is 0 Å². The molecule has 6 heteroatoms. The molecular weight excluding hydrogens is 436 g/mol. The second-order valence-corrected chi connectivity index (χ2v) is 9.07. The second-order valence-electron chi connectivity index (χ2n) is 9.07.